The molecule has 1 aromatic carbocycles. The summed E-state index contributed by atoms with van der Waals surface area (Å²) in [5.74, 6) is 0. The van der Waals surface area contributed by atoms with E-state index in [1.807, 2.05) is 25.2 Å². The first kappa shape index (κ1) is 15.0. The second-order valence-electron chi connectivity index (χ2n) is 4.98. The number of aryl methyl sites for hydroxylation is 1. The van der Waals surface area contributed by atoms with Crippen LogP contribution in [0.15, 0.2) is 27.4 Å². The summed E-state index contributed by atoms with van der Waals surface area (Å²) in [6.45, 7) is 4.63. The summed E-state index contributed by atoms with van der Waals surface area (Å²) in [6.07, 6.45) is 0.871. The topological polar surface area (TPSA) is 67.1 Å². The molecule has 2 rings (SSSR count). The Kier molecular flexibility index (Phi) is 4.81. The zero-order valence-corrected chi connectivity index (χ0v) is 12.4. The lowest BCUT2D eigenvalue weighted by Gasteiger charge is -2.12. The van der Waals surface area contributed by atoms with E-state index in [9.17, 15) is 9.90 Å². The first-order valence-electron chi connectivity index (χ1n) is 6.72. The van der Waals surface area contributed by atoms with Crippen LogP contribution in [-0.2, 0) is 6.54 Å². The minimum Gasteiger partial charge on any atom is -0.423 e. The highest BCUT2D eigenvalue weighted by atomic mass is 35.5. The van der Waals surface area contributed by atoms with Crippen molar-refractivity contribution in [3.63, 3.8) is 0 Å². The molecule has 3 N–H and O–H groups in total. The molecule has 4 nitrogen and oxygen atoms in total. The van der Waals surface area contributed by atoms with Crippen LogP contribution in [0, 0.1) is 6.92 Å². The molecule has 0 unspecified atom stereocenters. The van der Waals surface area contributed by atoms with Crippen molar-refractivity contribution >= 4 is 22.6 Å². The second kappa shape index (κ2) is 6.39. The zero-order chi connectivity index (χ0) is 14.7. The number of nitrogens with two attached hydrogens (primary N) is 1. The number of aliphatic hydroxyl groups excluding tert-OH is 1. The molecule has 0 saturated carbocycles. The van der Waals surface area contributed by atoms with Gasteiger partial charge in [-0.1, -0.05) is 18.5 Å². The fraction of sp³-hybridized carbons (Fsp3) is 0.400. The van der Waals surface area contributed by atoms with E-state index >= 15 is 0 Å². The van der Waals surface area contributed by atoms with E-state index in [2.05, 4.69) is 0 Å². The summed E-state index contributed by atoms with van der Waals surface area (Å²) in [5, 5.41) is 12.8. The van der Waals surface area contributed by atoms with Crippen LogP contribution in [0.5, 0.6) is 0 Å². The van der Waals surface area contributed by atoms with Crippen molar-refractivity contribution in [2.75, 3.05) is 6.61 Å². The van der Waals surface area contributed by atoms with Gasteiger partial charge in [0.05, 0.1) is 6.61 Å². The molecule has 20 heavy (non-hydrogen) atoms. The van der Waals surface area contributed by atoms with Crippen molar-refractivity contribution in [1.29, 1.82) is 0 Å². The first-order valence-corrected chi connectivity index (χ1v) is 7.10. The Balaban J connectivity index is 2.41. The van der Waals surface area contributed by atoms with Gasteiger partial charge in [0.15, 0.2) is 0 Å². The highest BCUT2D eigenvalue weighted by molar-refractivity contribution is 6.32. The third-order valence-electron chi connectivity index (χ3n) is 3.54. The number of benzene rings is 1. The Morgan fingerprint density at radius 3 is 2.80 bits per heavy atom. The van der Waals surface area contributed by atoms with Gasteiger partial charge >= 0.3 is 5.63 Å². The molecular formula is C15H19ClNO3+. The lowest BCUT2D eigenvalue weighted by atomic mass is 10.1. The Hall–Kier alpha value is -1.36. The number of hydrogen-bond acceptors (Lipinski definition) is 3. The normalized spacial score (nSPS) is 12.8. The molecule has 1 heterocycles. The molecule has 1 aromatic heterocycles. The average Bonchev–Trinajstić information content (AvgIpc) is 2.42. The molecule has 0 radical (unpaired) electrons. The van der Waals surface area contributed by atoms with E-state index in [1.165, 1.54) is 6.07 Å². The third-order valence-corrected chi connectivity index (χ3v) is 3.95. The summed E-state index contributed by atoms with van der Waals surface area (Å²) < 4.78 is 5.22. The molecule has 1 atom stereocenters. The Morgan fingerprint density at radius 1 is 1.40 bits per heavy atom. The van der Waals surface area contributed by atoms with Crippen LogP contribution < -0.4 is 10.9 Å². The van der Waals surface area contributed by atoms with E-state index in [4.69, 9.17) is 16.0 Å². The van der Waals surface area contributed by atoms with Gasteiger partial charge in [0, 0.05) is 22.0 Å². The summed E-state index contributed by atoms with van der Waals surface area (Å²) >= 11 is 6.15. The maximum atomic E-state index is 11.6. The van der Waals surface area contributed by atoms with E-state index in [0.717, 1.165) is 22.9 Å². The van der Waals surface area contributed by atoms with Gasteiger partial charge in [-0.25, -0.2) is 4.79 Å². The SMILES string of the molecule is CC[C@H](CO)[NH2+]Cc1cc(=O)oc2cc(C)c(Cl)cc12. The van der Waals surface area contributed by atoms with E-state index in [0.29, 0.717) is 17.2 Å². The molecule has 0 spiro atoms. The number of aliphatic hydroxyl groups is 1. The number of fused-ring (bicyclic) bond motifs is 1. The number of halogens is 1. The second-order valence-corrected chi connectivity index (χ2v) is 5.39. The molecule has 2 aromatic rings. The van der Waals surface area contributed by atoms with Crippen molar-refractivity contribution in [1.82, 2.24) is 0 Å². The first-order chi connectivity index (χ1) is 9.55. The monoisotopic (exact) mass is 296 g/mol. The Morgan fingerprint density at radius 2 is 2.15 bits per heavy atom. The third kappa shape index (κ3) is 3.20. The van der Waals surface area contributed by atoms with Gasteiger partial charge in [-0.2, -0.15) is 0 Å². The van der Waals surface area contributed by atoms with Crippen molar-refractivity contribution < 1.29 is 14.8 Å². The summed E-state index contributed by atoms with van der Waals surface area (Å²) in [4.78, 5) is 11.6. The molecule has 5 heteroatoms. The molecule has 0 aliphatic rings. The number of quaternary nitrogens is 1. The minimum atomic E-state index is -0.361. The van der Waals surface area contributed by atoms with E-state index in [1.54, 1.807) is 6.07 Å². The predicted octanol–water partition coefficient (Wildman–Crippen LogP) is 1.59. The average molecular weight is 297 g/mol. The van der Waals surface area contributed by atoms with Gasteiger partial charge < -0.3 is 14.8 Å². The minimum absolute atomic E-state index is 0.121. The molecule has 0 bridgehead atoms. The number of rotatable bonds is 5. The summed E-state index contributed by atoms with van der Waals surface area (Å²) in [5.41, 5.74) is 1.95. The predicted molar refractivity (Wildman–Crippen MR) is 79.0 cm³/mol. The molecule has 0 aliphatic heterocycles. The molecule has 0 aliphatic carbocycles. The maximum absolute atomic E-state index is 11.6. The van der Waals surface area contributed by atoms with E-state index < -0.39 is 0 Å². The Bertz CT molecular complexity index is 662. The van der Waals surface area contributed by atoms with Gasteiger partial charge in [0.2, 0.25) is 0 Å². The van der Waals surface area contributed by atoms with Crippen LogP contribution in [0.4, 0.5) is 0 Å². The van der Waals surface area contributed by atoms with Crippen molar-refractivity contribution in [2.24, 2.45) is 0 Å². The zero-order valence-electron chi connectivity index (χ0n) is 11.6. The van der Waals surface area contributed by atoms with Crippen molar-refractivity contribution in [2.45, 2.75) is 32.9 Å². The van der Waals surface area contributed by atoms with Crippen LogP contribution in [0.25, 0.3) is 11.0 Å². The molecule has 0 saturated heterocycles. The molecule has 108 valence electrons. The number of hydrogen-bond donors (Lipinski definition) is 2. The smallest absolute Gasteiger partial charge is 0.336 e. The van der Waals surface area contributed by atoms with Crippen LogP contribution >= 0.6 is 11.6 Å². The fourth-order valence-corrected chi connectivity index (χ4v) is 2.34. The Labute approximate surface area is 122 Å². The molecule has 0 amide bonds. The van der Waals surface area contributed by atoms with Gasteiger partial charge in [-0.15, -0.1) is 0 Å². The highest BCUT2D eigenvalue weighted by Crippen LogP contribution is 2.24. The van der Waals surface area contributed by atoms with Gasteiger partial charge in [-0.05, 0) is 31.0 Å². The quantitative estimate of drug-likeness (QED) is 0.824. The highest BCUT2D eigenvalue weighted by Gasteiger charge is 2.12. The fourth-order valence-electron chi connectivity index (χ4n) is 2.18. The van der Waals surface area contributed by atoms with Gasteiger partial charge in [-0.3, -0.25) is 0 Å². The van der Waals surface area contributed by atoms with E-state index in [-0.39, 0.29) is 18.3 Å². The molecular weight excluding hydrogens is 278 g/mol. The summed E-state index contributed by atoms with van der Waals surface area (Å²) in [7, 11) is 0. The molecule has 0 fully saturated rings. The van der Waals surface area contributed by atoms with Crippen LogP contribution in [0.2, 0.25) is 5.02 Å². The lowest BCUT2D eigenvalue weighted by Crippen LogP contribution is -2.89. The largest absolute Gasteiger partial charge is 0.423 e. The van der Waals surface area contributed by atoms with Crippen LogP contribution in [0.1, 0.15) is 24.5 Å². The summed E-state index contributed by atoms with van der Waals surface area (Å²) in [6, 6.07) is 5.25. The van der Waals surface area contributed by atoms with Crippen molar-refractivity contribution in [3.8, 4) is 0 Å². The van der Waals surface area contributed by atoms with Crippen LogP contribution in [0.3, 0.4) is 0 Å². The maximum Gasteiger partial charge on any atom is 0.336 e. The van der Waals surface area contributed by atoms with Gasteiger partial charge in [0.25, 0.3) is 0 Å². The standard InChI is InChI=1S/C15H18ClNO3/c1-3-11(8-18)17-7-10-5-15(19)20-14-4-9(2)13(16)6-12(10)14/h4-6,11,17-18H,3,7-8H2,1-2H3/p+1/t11-/m1/s1. The lowest BCUT2D eigenvalue weighted by molar-refractivity contribution is -0.706. The van der Waals surface area contributed by atoms with Crippen LogP contribution in [-0.4, -0.2) is 17.8 Å². The van der Waals surface area contributed by atoms with Gasteiger partial charge in [0.1, 0.15) is 18.2 Å². The van der Waals surface area contributed by atoms with Crippen molar-refractivity contribution in [3.05, 3.63) is 44.8 Å².